The van der Waals surface area contributed by atoms with Gasteiger partial charge in [0.25, 0.3) is 0 Å². The van der Waals surface area contributed by atoms with Crippen LogP contribution >= 0.6 is 0 Å². The van der Waals surface area contributed by atoms with Gasteiger partial charge in [0.1, 0.15) is 0 Å². The number of rotatable bonds is 6. The molecule has 0 saturated carbocycles. The highest BCUT2D eigenvalue weighted by molar-refractivity contribution is 6.27. The number of hydrogen-bond acceptors (Lipinski definition) is 0. The zero-order valence-corrected chi connectivity index (χ0v) is 29.5. The van der Waals surface area contributed by atoms with E-state index in [0.29, 0.717) is 0 Å². The van der Waals surface area contributed by atoms with Crippen molar-refractivity contribution in [1.29, 1.82) is 0 Å². The van der Waals surface area contributed by atoms with Crippen molar-refractivity contribution in [3.05, 3.63) is 182 Å². The maximum atomic E-state index is 2.37. The number of nitrogens with zero attached hydrogens (tertiary/aromatic N) is 1. The topological polar surface area (TPSA) is 4.93 Å². The van der Waals surface area contributed by atoms with Crippen LogP contribution in [0.3, 0.4) is 0 Å². The van der Waals surface area contributed by atoms with Crippen molar-refractivity contribution in [3.63, 3.8) is 0 Å². The average molecular weight is 656 g/mol. The van der Waals surface area contributed by atoms with Crippen molar-refractivity contribution in [2.75, 3.05) is 0 Å². The van der Waals surface area contributed by atoms with Gasteiger partial charge in [0, 0.05) is 16.5 Å². The largest absolute Gasteiger partial charge is 0.309 e. The molecule has 0 fully saturated rings. The van der Waals surface area contributed by atoms with Gasteiger partial charge in [-0.3, -0.25) is 0 Å². The molecule has 0 N–H and O–H groups in total. The number of benzene rings is 8. The number of hydrogen-bond donors (Lipinski definition) is 0. The standard InChI is InChI=1S/C45H31N.C5H10/c1-2-11-34(46-42-20-7-5-17-39(42)40-18-6-8-21-43(40)46)15-9-13-31-22-23-32-26-29-41-38(28-25-33-24-27-36(31)44(32)45(33)41)37-19-10-14-30-12-3-4-16-35(30)37;1-3-5-4-2/h2-29H,1H3;3,5H,4H2,1-2H3/b11-2-,13-9+,34-15+;5-3-. The summed E-state index contributed by atoms with van der Waals surface area (Å²) >= 11 is 0. The van der Waals surface area contributed by atoms with E-state index in [2.05, 4.69) is 200 Å². The van der Waals surface area contributed by atoms with Crippen LogP contribution in [0.25, 0.3) is 87.8 Å². The van der Waals surface area contributed by atoms with E-state index >= 15 is 0 Å². The van der Waals surface area contributed by atoms with E-state index in [0.717, 1.165) is 12.1 Å². The van der Waals surface area contributed by atoms with Gasteiger partial charge in [0.05, 0.1) is 11.0 Å². The molecule has 0 amide bonds. The van der Waals surface area contributed by atoms with Gasteiger partial charge in [0.2, 0.25) is 0 Å². The third-order valence-corrected chi connectivity index (χ3v) is 9.97. The summed E-state index contributed by atoms with van der Waals surface area (Å²) in [7, 11) is 0. The first-order valence-corrected chi connectivity index (χ1v) is 18.0. The molecule has 0 radical (unpaired) electrons. The second-order valence-electron chi connectivity index (χ2n) is 13.0. The summed E-state index contributed by atoms with van der Waals surface area (Å²) in [6.07, 6.45) is 16.3. The van der Waals surface area contributed by atoms with Gasteiger partial charge in [-0.1, -0.05) is 165 Å². The molecular weight excluding hydrogens is 615 g/mol. The van der Waals surface area contributed by atoms with E-state index in [9.17, 15) is 0 Å². The Kier molecular flexibility index (Phi) is 8.78. The van der Waals surface area contributed by atoms with Crippen LogP contribution < -0.4 is 0 Å². The summed E-state index contributed by atoms with van der Waals surface area (Å²) in [6, 6.07) is 51.0. The van der Waals surface area contributed by atoms with Gasteiger partial charge in [-0.15, -0.1) is 0 Å². The van der Waals surface area contributed by atoms with E-state index in [-0.39, 0.29) is 0 Å². The third-order valence-electron chi connectivity index (χ3n) is 9.97. The predicted molar refractivity (Wildman–Crippen MR) is 226 cm³/mol. The Balaban J connectivity index is 0.000000702. The molecule has 0 unspecified atom stereocenters. The van der Waals surface area contributed by atoms with Gasteiger partial charge in [-0.2, -0.15) is 0 Å². The first-order chi connectivity index (χ1) is 25.2. The SMILES string of the molecule is C/C=C\CC.C\C=C/C(=C\C=C\c1ccc2ccc3c(-c4cccc5ccccc45)ccc4ccc1c2c43)n1c2ccccc2c2ccccc21. The molecule has 0 saturated heterocycles. The van der Waals surface area contributed by atoms with Gasteiger partial charge in [-0.25, -0.2) is 0 Å². The summed E-state index contributed by atoms with van der Waals surface area (Å²) < 4.78 is 2.37. The molecular formula is C50H41N. The first-order valence-electron chi connectivity index (χ1n) is 18.0. The Morgan fingerprint density at radius 1 is 0.510 bits per heavy atom. The lowest BCUT2D eigenvalue weighted by molar-refractivity contribution is 1.22. The monoisotopic (exact) mass is 655 g/mol. The summed E-state index contributed by atoms with van der Waals surface area (Å²) in [4.78, 5) is 0. The van der Waals surface area contributed by atoms with E-state index in [1.54, 1.807) is 0 Å². The Morgan fingerprint density at radius 3 is 1.78 bits per heavy atom. The second-order valence-corrected chi connectivity index (χ2v) is 13.0. The van der Waals surface area contributed by atoms with Gasteiger partial charge >= 0.3 is 0 Å². The molecule has 8 aromatic carbocycles. The van der Waals surface area contributed by atoms with Crippen LogP contribution in [0.2, 0.25) is 0 Å². The fourth-order valence-electron chi connectivity index (χ4n) is 7.73. The Hall–Kier alpha value is -6.18. The summed E-state index contributed by atoms with van der Waals surface area (Å²) in [5, 5.41) is 12.9. The number of para-hydroxylation sites is 2. The summed E-state index contributed by atoms with van der Waals surface area (Å²) in [5.74, 6) is 0. The van der Waals surface area contributed by atoms with E-state index in [4.69, 9.17) is 0 Å². The van der Waals surface area contributed by atoms with Crippen LogP contribution in [-0.2, 0) is 0 Å². The van der Waals surface area contributed by atoms with Crippen LogP contribution in [0.5, 0.6) is 0 Å². The average Bonchev–Trinajstić information content (AvgIpc) is 3.51. The van der Waals surface area contributed by atoms with Gasteiger partial charge in [0.15, 0.2) is 0 Å². The molecule has 0 aliphatic carbocycles. The van der Waals surface area contributed by atoms with Crippen molar-refractivity contribution in [1.82, 2.24) is 4.57 Å². The minimum absolute atomic E-state index is 1.13. The van der Waals surface area contributed by atoms with Crippen LogP contribution in [0.1, 0.15) is 32.8 Å². The lowest BCUT2D eigenvalue weighted by atomic mass is 9.87. The number of aromatic nitrogens is 1. The summed E-state index contributed by atoms with van der Waals surface area (Å²) in [5.41, 5.74) is 7.34. The zero-order chi connectivity index (χ0) is 34.7. The molecule has 0 bridgehead atoms. The highest BCUT2D eigenvalue weighted by Crippen LogP contribution is 2.42. The molecule has 0 aliphatic rings. The van der Waals surface area contributed by atoms with Gasteiger partial charge < -0.3 is 4.57 Å². The highest BCUT2D eigenvalue weighted by Gasteiger charge is 2.15. The molecule has 9 rings (SSSR count). The molecule has 1 nitrogen and oxygen atoms in total. The van der Waals surface area contributed by atoms with Crippen LogP contribution in [0.4, 0.5) is 0 Å². The quantitative estimate of drug-likeness (QED) is 0.0954. The van der Waals surface area contributed by atoms with Crippen LogP contribution in [0, 0.1) is 0 Å². The molecule has 0 spiro atoms. The Morgan fingerprint density at radius 2 is 1.10 bits per heavy atom. The van der Waals surface area contributed by atoms with Crippen LogP contribution in [-0.4, -0.2) is 4.57 Å². The lowest BCUT2D eigenvalue weighted by Crippen LogP contribution is -1.94. The highest BCUT2D eigenvalue weighted by atomic mass is 15.0. The third kappa shape index (κ3) is 5.71. The Bertz CT molecular complexity index is 2740. The van der Waals surface area contributed by atoms with Crippen molar-refractivity contribution in [2.24, 2.45) is 0 Å². The molecule has 0 atom stereocenters. The van der Waals surface area contributed by atoms with E-state index < -0.39 is 0 Å². The van der Waals surface area contributed by atoms with Crippen molar-refractivity contribution in [3.8, 4) is 11.1 Å². The minimum atomic E-state index is 1.13. The first kappa shape index (κ1) is 32.0. The molecule has 1 heteroatoms. The van der Waals surface area contributed by atoms with Crippen molar-refractivity contribution >= 4 is 76.7 Å². The second kappa shape index (κ2) is 14.0. The fourth-order valence-corrected chi connectivity index (χ4v) is 7.73. The van der Waals surface area contributed by atoms with E-state index in [1.165, 1.54) is 81.6 Å². The smallest absolute Gasteiger partial charge is 0.0541 e. The zero-order valence-electron chi connectivity index (χ0n) is 29.5. The normalized spacial score (nSPS) is 12.6. The molecule has 51 heavy (non-hydrogen) atoms. The number of allylic oxidation sites excluding steroid dienone is 7. The lowest BCUT2D eigenvalue weighted by Gasteiger charge is -2.16. The maximum absolute atomic E-state index is 2.37. The molecule has 1 heterocycles. The van der Waals surface area contributed by atoms with Gasteiger partial charge in [-0.05, 0) is 104 Å². The summed E-state index contributed by atoms with van der Waals surface area (Å²) in [6.45, 7) is 6.24. The molecule has 9 aromatic rings. The fraction of sp³-hybridized carbons (Fsp3) is 0.0800. The molecule has 0 aliphatic heterocycles. The molecule has 1 aromatic heterocycles. The van der Waals surface area contributed by atoms with E-state index in [1.807, 2.05) is 6.92 Å². The number of fused-ring (bicyclic) bond motifs is 4. The minimum Gasteiger partial charge on any atom is -0.309 e. The Labute approximate surface area is 300 Å². The molecule has 246 valence electrons. The predicted octanol–water partition coefficient (Wildman–Crippen LogP) is 14.6. The van der Waals surface area contributed by atoms with Crippen LogP contribution in [0.15, 0.2) is 176 Å². The maximum Gasteiger partial charge on any atom is 0.0541 e. The van der Waals surface area contributed by atoms with Crippen molar-refractivity contribution in [2.45, 2.75) is 27.2 Å². The van der Waals surface area contributed by atoms with Crippen molar-refractivity contribution < 1.29 is 0 Å².